The quantitative estimate of drug-likeness (QED) is 0.648. The Morgan fingerprint density at radius 3 is 2.43 bits per heavy atom. The maximum atomic E-state index is 12.8. The first-order chi connectivity index (χ1) is 14.1. The number of hydrogen-bond acceptors (Lipinski definition) is 3. The summed E-state index contributed by atoms with van der Waals surface area (Å²) in [5.41, 5.74) is 2.88. The van der Waals surface area contributed by atoms with Crippen LogP contribution in [0, 0.1) is 12.8 Å². The molecule has 2 aromatic carbocycles. The number of nitrogens with zero attached hydrogens (tertiary/aromatic N) is 2. The number of hydrogen-bond donors (Lipinski definition) is 0. The predicted octanol–water partition coefficient (Wildman–Crippen LogP) is 5.19. The van der Waals surface area contributed by atoms with E-state index in [4.69, 9.17) is 4.84 Å². The molecule has 0 saturated carbocycles. The highest BCUT2D eigenvalue weighted by atomic mass is 19.4. The van der Waals surface area contributed by atoms with Gasteiger partial charge in [-0.05, 0) is 30.2 Å². The zero-order chi connectivity index (χ0) is 21.9. The Morgan fingerprint density at radius 1 is 1.17 bits per heavy atom. The fraction of sp³-hybridized carbons (Fsp3) is 0.391. The van der Waals surface area contributed by atoms with Crippen molar-refractivity contribution in [3.63, 3.8) is 0 Å². The number of aryl methyl sites for hydroxylation is 1. The van der Waals surface area contributed by atoms with Crippen LogP contribution >= 0.6 is 0 Å². The van der Waals surface area contributed by atoms with Crippen molar-refractivity contribution in [3.05, 3.63) is 70.8 Å². The minimum atomic E-state index is -4.38. The van der Waals surface area contributed by atoms with Gasteiger partial charge in [0.2, 0.25) is 5.91 Å². The Morgan fingerprint density at radius 2 is 1.83 bits per heavy atom. The highest BCUT2D eigenvalue weighted by Crippen LogP contribution is 2.29. The standard InChI is InChI=1S/C23H25F3N2O2/c1-15(2)22(29)28(13-17-8-10-18(11-9-17)23(24,25)26)14-19-12-21(27-30-19)20-7-5-4-6-16(20)3/h4-11,15,19H,12-14H2,1-3H3. The van der Waals surface area contributed by atoms with Crippen LogP contribution in [0.4, 0.5) is 13.2 Å². The number of benzene rings is 2. The van der Waals surface area contributed by atoms with Crippen LogP contribution in [0.15, 0.2) is 53.7 Å². The van der Waals surface area contributed by atoms with Crippen LogP contribution in [0.5, 0.6) is 0 Å². The minimum absolute atomic E-state index is 0.0807. The number of halogens is 3. The van der Waals surface area contributed by atoms with Crippen LogP contribution in [0.25, 0.3) is 0 Å². The van der Waals surface area contributed by atoms with Gasteiger partial charge in [-0.2, -0.15) is 13.2 Å². The molecule has 0 fully saturated rings. The highest BCUT2D eigenvalue weighted by Gasteiger charge is 2.31. The molecule has 2 aromatic rings. The summed E-state index contributed by atoms with van der Waals surface area (Å²) in [6, 6.07) is 12.8. The summed E-state index contributed by atoms with van der Waals surface area (Å²) in [6.07, 6.45) is -4.11. The van der Waals surface area contributed by atoms with Crippen molar-refractivity contribution in [1.82, 2.24) is 4.90 Å². The molecule has 0 spiro atoms. The number of rotatable bonds is 6. The molecule has 7 heteroatoms. The van der Waals surface area contributed by atoms with E-state index in [1.54, 1.807) is 18.7 Å². The van der Waals surface area contributed by atoms with Gasteiger partial charge in [-0.15, -0.1) is 0 Å². The number of carbonyl (C=O) groups is 1. The Hall–Kier alpha value is -2.83. The molecule has 0 radical (unpaired) electrons. The van der Waals surface area contributed by atoms with Crippen LogP contribution in [0.2, 0.25) is 0 Å². The van der Waals surface area contributed by atoms with Crippen LogP contribution < -0.4 is 0 Å². The summed E-state index contributed by atoms with van der Waals surface area (Å²) < 4.78 is 38.4. The Labute approximate surface area is 174 Å². The van der Waals surface area contributed by atoms with Crippen molar-refractivity contribution < 1.29 is 22.8 Å². The topological polar surface area (TPSA) is 41.9 Å². The molecular weight excluding hydrogens is 393 g/mol. The van der Waals surface area contributed by atoms with Gasteiger partial charge < -0.3 is 9.74 Å². The van der Waals surface area contributed by atoms with Gasteiger partial charge in [0, 0.05) is 24.4 Å². The first kappa shape index (κ1) is 21.9. The summed E-state index contributed by atoms with van der Waals surface area (Å²) >= 11 is 0. The van der Waals surface area contributed by atoms with Gasteiger partial charge in [-0.3, -0.25) is 4.79 Å². The molecular formula is C23H25F3N2O2. The lowest BCUT2D eigenvalue weighted by Gasteiger charge is -2.26. The largest absolute Gasteiger partial charge is 0.416 e. The molecule has 0 aromatic heterocycles. The maximum Gasteiger partial charge on any atom is 0.416 e. The molecule has 0 aliphatic carbocycles. The van der Waals surface area contributed by atoms with Gasteiger partial charge in [0.05, 0.1) is 17.8 Å². The molecule has 1 aliphatic rings. The van der Waals surface area contributed by atoms with E-state index in [0.717, 1.165) is 29.0 Å². The normalized spacial score (nSPS) is 16.4. The lowest BCUT2D eigenvalue weighted by molar-refractivity contribution is -0.138. The molecule has 1 heterocycles. The molecule has 0 bridgehead atoms. The molecule has 160 valence electrons. The van der Waals surface area contributed by atoms with E-state index >= 15 is 0 Å². The third kappa shape index (κ3) is 5.20. The van der Waals surface area contributed by atoms with Crippen molar-refractivity contribution in [2.75, 3.05) is 6.54 Å². The van der Waals surface area contributed by atoms with Crippen molar-refractivity contribution in [2.24, 2.45) is 11.1 Å². The Balaban J connectivity index is 1.70. The second kappa shape index (κ2) is 8.90. The van der Waals surface area contributed by atoms with Gasteiger partial charge >= 0.3 is 6.18 Å². The van der Waals surface area contributed by atoms with E-state index in [-0.39, 0.29) is 24.5 Å². The first-order valence-electron chi connectivity index (χ1n) is 9.88. The lowest BCUT2D eigenvalue weighted by atomic mass is 10.00. The van der Waals surface area contributed by atoms with E-state index in [1.165, 1.54) is 12.1 Å². The molecule has 30 heavy (non-hydrogen) atoms. The van der Waals surface area contributed by atoms with Crippen LogP contribution in [0.1, 0.15) is 42.5 Å². The third-order valence-electron chi connectivity index (χ3n) is 5.07. The van der Waals surface area contributed by atoms with Crippen molar-refractivity contribution in [1.29, 1.82) is 0 Å². The molecule has 0 saturated heterocycles. The maximum absolute atomic E-state index is 12.8. The van der Waals surface area contributed by atoms with E-state index in [2.05, 4.69) is 5.16 Å². The van der Waals surface area contributed by atoms with E-state index < -0.39 is 11.7 Å². The molecule has 1 aliphatic heterocycles. The third-order valence-corrected chi connectivity index (χ3v) is 5.07. The molecule has 1 unspecified atom stereocenters. The second-order valence-corrected chi connectivity index (χ2v) is 7.85. The van der Waals surface area contributed by atoms with Crippen LogP contribution in [-0.2, 0) is 22.4 Å². The Kier molecular flexibility index (Phi) is 6.48. The average molecular weight is 418 g/mol. The van der Waals surface area contributed by atoms with Crippen molar-refractivity contribution >= 4 is 11.6 Å². The smallest absolute Gasteiger partial charge is 0.390 e. The predicted molar refractivity (Wildman–Crippen MR) is 109 cm³/mol. The number of carbonyl (C=O) groups excluding carboxylic acids is 1. The summed E-state index contributed by atoms with van der Waals surface area (Å²) in [4.78, 5) is 19.9. The highest BCUT2D eigenvalue weighted by molar-refractivity contribution is 6.02. The zero-order valence-corrected chi connectivity index (χ0v) is 17.2. The van der Waals surface area contributed by atoms with Gasteiger partial charge in [-0.1, -0.05) is 55.4 Å². The van der Waals surface area contributed by atoms with E-state index in [1.807, 2.05) is 31.2 Å². The van der Waals surface area contributed by atoms with Crippen LogP contribution in [0.3, 0.4) is 0 Å². The summed E-state index contributed by atoms with van der Waals surface area (Å²) in [7, 11) is 0. The van der Waals surface area contributed by atoms with Gasteiger partial charge in [0.1, 0.15) is 0 Å². The fourth-order valence-electron chi connectivity index (χ4n) is 3.44. The fourth-order valence-corrected chi connectivity index (χ4v) is 3.44. The van der Waals surface area contributed by atoms with Gasteiger partial charge in [-0.25, -0.2) is 0 Å². The molecule has 3 rings (SSSR count). The molecule has 1 amide bonds. The number of oxime groups is 1. The summed E-state index contributed by atoms with van der Waals surface area (Å²) in [5.74, 6) is -0.319. The Bertz CT molecular complexity index is 921. The SMILES string of the molecule is Cc1ccccc1C1=NOC(CN(Cc2ccc(C(F)(F)F)cc2)C(=O)C(C)C)C1. The summed E-state index contributed by atoms with van der Waals surface area (Å²) in [6.45, 7) is 6.13. The average Bonchev–Trinajstić information content (AvgIpc) is 3.15. The first-order valence-corrected chi connectivity index (χ1v) is 9.88. The minimum Gasteiger partial charge on any atom is -0.390 e. The number of alkyl halides is 3. The van der Waals surface area contributed by atoms with E-state index in [9.17, 15) is 18.0 Å². The molecule has 1 atom stereocenters. The lowest BCUT2D eigenvalue weighted by Crippen LogP contribution is -2.39. The zero-order valence-electron chi connectivity index (χ0n) is 17.2. The monoisotopic (exact) mass is 418 g/mol. The second-order valence-electron chi connectivity index (χ2n) is 7.85. The van der Waals surface area contributed by atoms with E-state index in [0.29, 0.717) is 18.5 Å². The molecule has 4 nitrogen and oxygen atoms in total. The number of amides is 1. The van der Waals surface area contributed by atoms with Gasteiger partial charge in [0.25, 0.3) is 0 Å². The van der Waals surface area contributed by atoms with Crippen molar-refractivity contribution in [2.45, 2.75) is 46.0 Å². The van der Waals surface area contributed by atoms with Gasteiger partial charge in [0.15, 0.2) is 6.10 Å². The van der Waals surface area contributed by atoms with Crippen molar-refractivity contribution in [3.8, 4) is 0 Å². The molecule has 0 N–H and O–H groups in total. The van der Waals surface area contributed by atoms with Crippen LogP contribution in [-0.4, -0.2) is 29.2 Å². The summed E-state index contributed by atoms with van der Waals surface area (Å²) in [5, 5.41) is 4.20.